The summed E-state index contributed by atoms with van der Waals surface area (Å²) < 4.78 is 7.91. The summed E-state index contributed by atoms with van der Waals surface area (Å²) in [5, 5.41) is 14.4. The Morgan fingerprint density at radius 2 is 2.04 bits per heavy atom. The zero-order valence-corrected chi connectivity index (χ0v) is 15.4. The van der Waals surface area contributed by atoms with Gasteiger partial charge in [-0.3, -0.25) is 5.10 Å². The summed E-state index contributed by atoms with van der Waals surface area (Å²) in [7, 11) is 0. The highest BCUT2D eigenvalue weighted by Crippen LogP contribution is 2.33. The molecule has 0 saturated heterocycles. The monoisotopic (exact) mass is 378 g/mol. The number of pyridine rings is 1. The highest BCUT2D eigenvalue weighted by molar-refractivity contribution is 6.30. The van der Waals surface area contributed by atoms with Crippen LogP contribution in [-0.2, 0) is 6.42 Å². The molecule has 4 aromatic heterocycles. The maximum absolute atomic E-state index is 6.08. The molecule has 7 nitrogen and oxygen atoms in total. The largest absolute Gasteiger partial charge is 0.438 e. The molecule has 8 heteroatoms. The van der Waals surface area contributed by atoms with Gasteiger partial charge in [0.2, 0.25) is 5.88 Å². The standard InChI is InChI=1S/C19H15ClN6O/c1-3-14-16-17-13(9-21-18(16)24-23-14)19(22-15-8-10(2)25-26(15)17)27-12-6-4-11(20)5-7-12/h4-9H,3H2,1-2H3,(H,21,23,24). The van der Waals surface area contributed by atoms with Crippen molar-refractivity contribution in [3.8, 4) is 11.6 Å². The Morgan fingerprint density at radius 3 is 2.81 bits per heavy atom. The topological polar surface area (TPSA) is 81.0 Å². The number of ether oxygens (including phenoxy) is 1. The van der Waals surface area contributed by atoms with Crippen LogP contribution in [0.1, 0.15) is 18.3 Å². The Kier molecular flexibility index (Phi) is 3.51. The summed E-state index contributed by atoms with van der Waals surface area (Å²) in [5.41, 5.74) is 4.12. The smallest absolute Gasteiger partial charge is 0.232 e. The van der Waals surface area contributed by atoms with Crippen molar-refractivity contribution in [2.45, 2.75) is 20.3 Å². The molecule has 0 aliphatic rings. The van der Waals surface area contributed by atoms with Gasteiger partial charge in [0.15, 0.2) is 11.3 Å². The zero-order valence-electron chi connectivity index (χ0n) is 14.7. The number of aryl methyl sites for hydroxylation is 2. The summed E-state index contributed by atoms with van der Waals surface area (Å²) >= 11 is 5.97. The Morgan fingerprint density at radius 1 is 1.22 bits per heavy atom. The summed E-state index contributed by atoms with van der Waals surface area (Å²) in [4.78, 5) is 9.17. The summed E-state index contributed by atoms with van der Waals surface area (Å²) in [5.74, 6) is 1.12. The zero-order chi connectivity index (χ0) is 18.5. The van der Waals surface area contributed by atoms with Crippen molar-refractivity contribution in [3.63, 3.8) is 0 Å². The number of hydrogen-bond donors (Lipinski definition) is 1. The molecule has 0 spiro atoms. The number of halogens is 1. The minimum absolute atomic E-state index is 0.470. The first-order valence-electron chi connectivity index (χ1n) is 8.59. The maximum Gasteiger partial charge on any atom is 0.232 e. The van der Waals surface area contributed by atoms with Gasteiger partial charge in [0, 0.05) is 17.3 Å². The molecule has 0 saturated carbocycles. The Balaban J connectivity index is 1.86. The van der Waals surface area contributed by atoms with Crippen LogP contribution in [0.15, 0.2) is 36.5 Å². The second-order valence-electron chi connectivity index (χ2n) is 6.30. The fourth-order valence-electron chi connectivity index (χ4n) is 3.25. The van der Waals surface area contributed by atoms with E-state index in [4.69, 9.17) is 16.3 Å². The van der Waals surface area contributed by atoms with Crippen molar-refractivity contribution in [1.82, 2.24) is 29.8 Å². The van der Waals surface area contributed by atoms with E-state index in [-0.39, 0.29) is 0 Å². The van der Waals surface area contributed by atoms with Gasteiger partial charge < -0.3 is 4.74 Å². The van der Waals surface area contributed by atoms with Crippen molar-refractivity contribution in [2.75, 3.05) is 0 Å². The van der Waals surface area contributed by atoms with Gasteiger partial charge in [-0.25, -0.2) is 9.50 Å². The molecule has 0 amide bonds. The fourth-order valence-corrected chi connectivity index (χ4v) is 3.38. The van der Waals surface area contributed by atoms with Crippen LogP contribution in [0, 0.1) is 6.92 Å². The van der Waals surface area contributed by atoms with E-state index in [1.54, 1.807) is 18.3 Å². The molecule has 0 radical (unpaired) electrons. The quantitative estimate of drug-likeness (QED) is 0.501. The predicted molar refractivity (Wildman–Crippen MR) is 104 cm³/mol. The number of aromatic amines is 1. The third-order valence-corrected chi connectivity index (χ3v) is 4.72. The molecule has 0 bridgehead atoms. The number of hydrogen-bond acceptors (Lipinski definition) is 5. The van der Waals surface area contributed by atoms with Crippen molar-refractivity contribution in [3.05, 3.63) is 52.9 Å². The highest BCUT2D eigenvalue weighted by Gasteiger charge is 2.18. The third-order valence-electron chi connectivity index (χ3n) is 4.47. The molecule has 1 N–H and O–H groups in total. The molecule has 1 aromatic carbocycles. The molecule has 0 fully saturated rings. The maximum atomic E-state index is 6.08. The first-order chi connectivity index (χ1) is 13.1. The predicted octanol–water partition coefficient (Wildman–Crippen LogP) is 4.47. The van der Waals surface area contributed by atoms with Crippen LogP contribution in [0.3, 0.4) is 0 Å². The lowest BCUT2D eigenvalue weighted by molar-refractivity contribution is 0.469. The molecular formula is C19H15ClN6O. The van der Waals surface area contributed by atoms with E-state index >= 15 is 0 Å². The minimum Gasteiger partial charge on any atom is -0.438 e. The molecule has 0 aliphatic heterocycles. The summed E-state index contributed by atoms with van der Waals surface area (Å²) in [6, 6.07) is 9.10. The molecule has 4 heterocycles. The second kappa shape index (κ2) is 5.92. The average molecular weight is 379 g/mol. The average Bonchev–Trinajstić information content (AvgIpc) is 3.25. The molecule has 0 unspecified atom stereocenters. The Labute approximate surface area is 159 Å². The molecular weight excluding hydrogens is 364 g/mol. The molecule has 27 heavy (non-hydrogen) atoms. The number of rotatable bonds is 3. The van der Waals surface area contributed by atoms with Crippen LogP contribution in [-0.4, -0.2) is 29.8 Å². The van der Waals surface area contributed by atoms with Crippen molar-refractivity contribution in [1.29, 1.82) is 0 Å². The van der Waals surface area contributed by atoms with Crippen LogP contribution in [0.25, 0.3) is 27.6 Å². The lowest BCUT2D eigenvalue weighted by Crippen LogP contribution is -1.99. The molecule has 5 aromatic rings. The van der Waals surface area contributed by atoms with E-state index in [1.807, 2.05) is 29.6 Å². The van der Waals surface area contributed by atoms with Crippen molar-refractivity contribution >= 4 is 39.2 Å². The third kappa shape index (κ3) is 2.50. The van der Waals surface area contributed by atoms with E-state index < -0.39 is 0 Å². The van der Waals surface area contributed by atoms with Crippen molar-refractivity contribution in [2.24, 2.45) is 0 Å². The SMILES string of the molecule is CCc1n[nH]c2ncc3c(Oc4ccc(Cl)cc4)nc4cc(C)nn4c3c12. The minimum atomic E-state index is 0.470. The molecule has 0 aliphatic carbocycles. The molecule has 5 rings (SSSR count). The van der Waals surface area contributed by atoms with Crippen LogP contribution in [0.2, 0.25) is 5.02 Å². The highest BCUT2D eigenvalue weighted by atomic mass is 35.5. The number of fused-ring (bicyclic) bond motifs is 5. The van der Waals surface area contributed by atoms with Gasteiger partial charge in [0.25, 0.3) is 0 Å². The van der Waals surface area contributed by atoms with Gasteiger partial charge in [-0.2, -0.15) is 15.2 Å². The lowest BCUT2D eigenvalue weighted by Gasteiger charge is -2.10. The van der Waals surface area contributed by atoms with Gasteiger partial charge in [-0.15, -0.1) is 0 Å². The summed E-state index contributed by atoms with van der Waals surface area (Å²) in [6.45, 7) is 4.00. The van der Waals surface area contributed by atoms with E-state index in [0.717, 1.165) is 39.7 Å². The first-order valence-corrected chi connectivity index (χ1v) is 8.97. The van der Waals surface area contributed by atoms with E-state index in [2.05, 4.69) is 32.2 Å². The van der Waals surface area contributed by atoms with Crippen molar-refractivity contribution < 1.29 is 4.74 Å². The first kappa shape index (κ1) is 16.0. The Hall–Kier alpha value is -3.19. The normalized spacial score (nSPS) is 11.7. The van der Waals surface area contributed by atoms with Crippen LogP contribution in [0.5, 0.6) is 11.6 Å². The van der Waals surface area contributed by atoms with Gasteiger partial charge in [-0.1, -0.05) is 18.5 Å². The second-order valence-corrected chi connectivity index (χ2v) is 6.73. The molecule has 0 atom stereocenters. The lowest BCUT2D eigenvalue weighted by atomic mass is 10.1. The summed E-state index contributed by atoms with van der Waals surface area (Å²) in [6.07, 6.45) is 2.52. The van der Waals surface area contributed by atoms with E-state index in [0.29, 0.717) is 22.3 Å². The van der Waals surface area contributed by atoms with Gasteiger partial charge in [0.1, 0.15) is 5.75 Å². The Bertz CT molecular complexity index is 1310. The van der Waals surface area contributed by atoms with E-state index in [9.17, 15) is 0 Å². The van der Waals surface area contributed by atoms with Crippen LogP contribution in [0.4, 0.5) is 0 Å². The number of benzene rings is 1. The van der Waals surface area contributed by atoms with Gasteiger partial charge in [-0.05, 0) is 37.6 Å². The number of nitrogens with zero attached hydrogens (tertiary/aromatic N) is 5. The van der Waals surface area contributed by atoms with Gasteiger partial charge >= 0.3 is 0 Å². The fraction of sp³-hybridized carbons (Fsp3) is 0.158. The number of H-pyrrole nitrogens is 1. The number of nitrogens with one attached hydrogen (secondary N) is 1. The number of aromatic nitrogens is 6. The van der Waals surface area contributed by atoms with Crippen LogP contribution < -0.4 is 4.74 Å². The van der Waals surface area contributed by atoms with Gasteiger partial charge in [0.05, 0.1) is 27.7 Å². The molecule has 134 valence electrons. The van der Waals surface area contributed by atoms with E-state index in [1.165, 1.54) is 0 Å². The van der Waals surface area contributed by atoms with Crippen LogP contribution >= 0.6 is 11.6 Å².